The minimum absolute atomic E-state index is 0.000741. The predicted octanol–water partition coefficient (Wildman–Crippen LogP) is 0.892. The molecule has 1 unspecified atom stereocenters. The van der Waals surface area contributed by atoms with Gasteiger partial charge < -0.3 is 20.0 Å². The van der Waals surface area contributed by atoms with E-state index in [1.807, 2.05) is 4.90 Å². The zero-order chi connectivity index (χ0) is 13.8. The van der Waals surface area contributed by atoms with Gasteiger partial charge in [-0.25, -0.2) is 4.79 Å². The number of hydrogen-bond donors (Lipinski definition) is 2. The van der Waals surface area contributed by atoms with Crippen molar-refractivity contribution in [3.05, 3.63) is 0 Å². The van der Waals surface area contributed by atoms with Gasteiger partial charge in [-0.2, -0.15) is 0 Å². The van der Waals surface area contributed by atoms with Gasteiger partial charge >= 0.3 is 12.0 Å². The summed E-state index contributed by atoms with van der Waals surface area (Å²) in [6.07, 6.45) is 4.47. The van der Waals surface area contributed by atoms with Crippen molar-refractivity contribution in [1.29, 1.82) is 0 Å². The molecule has 0 radical (unpaired) electrons. The number of likely N-dealkylation sites (tertiary alicyclic amines) is 1. The summed E-state index contributed by atoms with van der Waals surface area (Å²) in [6.45, 7) is 1.11. The maximum absolute atomic E-state index is 12.5. The predicted molar refractivity (Wildman–Crippen MR) is 68.8 cm³/mol. The number of aliphatic carboxylic acids is 1. The van der Waals surface area contributed by atoms with Crippen LogP contribution in [0, 0.1) is 0 Å². The molecule has 1 saturated heterocycles. The molecule has 1 heterocycles. The molecule has 6 heteroatoms. The molecule has 2 fully saturated rings. The van der Waals surface area contributed by atoms with Crippen LogP contribution in [0.3, 0.4) is 0 Å². The van der Waals surface area contributed by atoms with E-state index in [9.17, 15) is 9.59 Å². The molecule has 0 aromatic heterocycles. The summed E-state index contributed by atoms with van der Waals surface area (Å²) in [6, 6.07) is 0.297. The summed E-state index contributed by atoms with van der Waals surface area (Å²) in [5.74, 6) is -0.869. The van der Waals surface area contributed by atoms with Crippen LogP contribution in [0.2, 0.25) is 0 Å². The largest absolute Gasteiger partial charge is 0.481 e. The Bertz CT molecular complexity index is 344. The first kappa shape index (κ1) is 14.1. The number of carbonyl (C=O) groups is 2. The molecule has 2 aliphatic rings. The number of carbonyl (C=O) groups excluding carboxylic acids is 1. The van der Waals surface area contributed by atoms with Crippen LogP contribution in [0.1, 0.15) is 38.5 Å². The van der Waals surface area contributed by atoms with Gasteiger partial charge in [0.05, 0.1) is 6.42 Å². The number of aliphatic hydroxyl groups excluding tert-OH is 1. The third-order valence-electron chi connectivity index (χ3n) is 3.89. The molecular weight excluding hydrogens is 248 g/mol. The molecule has 1 aliphatic carbocycles. The van der Waals surface area contributed by atoms with E-state index in [2.05, 4.69) is 0 Å². The number of urea groups is 1. The molecule has 0 bridgehead atoms. The molecule has 2 N–H and O–H groups in total. The number of hydrogen-bond acceptors (Lipinski definition) is 3. The first-order valence-electron chi connectivity index (χ1n) is 7.03. The van der Waals surface area contributed by atoms with Gasteiger partial charge in [0.1, 0.15) is 0 Å². The van der Waals surface area contributed by atoms with Crippen LogP contribution in [0.25, 0.3) is 0 Å². The third-order valence-corrected chi connectivity index (χ3v) is 3.89. The molecule has 0 spiro atoms. The van der Waals surface area contributed by atoms with E-state index in [-0.39, 0.29) is 31.1 Å². The molecule has 1 saturated carbocycles. The quantitative estimate of drug-likeness (QED) is 0.751. The van der Waals surface area contributed by atoms with Crippen molar-refractivity contribution < 1.29 is 19.8 Å². The average Bonchev–Trinajstić information content (AvgIpc) is 3.09. The van der Waals surface area contributed by atoms with Gasteiger partial charge in [0.15, 0.2) is 0 Å². The summed E-state index contributed by atoms with van der Waals surface area (Å²) >= 11 is 0. The molecule has 6 nitrogen and oxygen atoms in total. The van der Waals surface area contributed by atoms with E-state index >= 15 is 0 Å². The Morgan fingerprint density at radius 2 is 2.00 bits per heavy atom. The topological polar surface area (TPSA) is 81.1 Å². The fourth-order valence-corrected chi connectivity index (χ4v) is 2.74. The Morgan fingerprint density at radius 3 is 2.58 bits per heavy atom. The monoisotopic (exact) mass is 270 g/mol. The third kappa shape index (κ3) is 3.59. The van der Waals surface area contributed by atoms with E-state index in [1.165, 1.54) is 0 Å². The SMILES string of the molecule is O=C(O)CCN(C(=O)N1CCCC1CCO)C1CC1. The summed E-state index contributed by atoms with van der Waals surface area (Å²) in [4.78, 5) is 26.7. The van der Waals surface area contributed by atoms with Crippen LogP contribution in [0.5, 0.6) is 0 Å². The lowest BCUT2D eigenvalue weighted by molar-refractivity contribution is -0.137. The van der Waals surface area contributed by atoms with Gasteiger partial charge in [-0.1, -0.05) is 0 Å². The molecule has 2 rings (SSSR count). The highest BCUT2D eigenvalue weighted by Crippen LogP contribution is 2.30. The Morgan fingerprint density at radius 1 is 1.26 bits per heavy atom. The summed E-state index contributed by atoms with van der Waals surface area (Å²) < 4.78 is 0. The lowest BCUT2D eigenvalue weighted by Crippen LogP contribution is -2.47. The van der Waals surface area contributed by atoms with Gasteiger partial charge in [-0.15, -0.1) is 0 Å². The molecule has 1 aliphatic heterocycles. The highest BCUT2D eigenvalue weighted by molar-refractivity contribution is 5.76. The minimum Gasteiger partial charge on any atom is -0.481 e. The Hall–Kier alpha value is -1.30. The first-order valence-corrected chi connectivity index (χ1v) is 7.03. The second kappa shape index (κ2) is 6.23. The Labute approximate surface area is 113 Å². The first-order chi connectivity index (χ1) is 9.13. The summed E-state index contributed by atoms with van der Waals surface area (Å²) in [5.41, 5.74) is 0. The van der Waals surface area contributed by atoms with E-state index in [1.54, 1.807) is 4.90 Å². The van der Waals surface area contributed by atoms with Crippen LogP contribution in [-0.4, -0.2) is 63.8 Å². The van der Waals surface area contributed by atoms with Crippen LogP contribution < -0.4 is 0 Å². The molecule has 108 valence electrons. The van der Waals surface area contributed by atoms with Crippen molar-refractivity contribution in [1.82, 2.24) is 9.80 Å². The van der Waals surface area contributed by atoms with Crippen molar-refractivity contribution in [2.45, 2.75) is 50.6 Å². The highest BCUT2D eigenvalue weighted by atomic mass is 16.4. The van der Waals surface area contributed by atoms with E-state index in [0.29, 0.717) is 13.0 Å². The lowest BCUT2D eigenvalue weighted by atomic mass is 10.1. The number of amides is 2. The molecule has 1 atom stereocenters. The zero-order valence-corrected chi connectivity index (χ0v) is 11.1. The number of carboxylic acids is 1. The molecular formula is C13H22N2O4. The summed E-state index contributed by atoms with van der Waals surface area (Å²) in [7, 11) is 0. The van der Waals surface area contributed by atoms with Gasteiger partial charge in [0, 0.05) is 31.8 Å². The number of nitrogens with zero attached hydrogens (tertiary/aromatic N) is 2. The van der Waals surface area contributed by atoms with Gasteiger partial charge in [-0.3, -0.25) is 4.79 Å². The van der Waals surface area contributed by atoms with Crippen molar-refractivity contribution >= 4 is 12.0 Å². The number of aliphatic hydroxyl groups is 1. The second-order valence-corrected chi connectivity index (χ2v) is 5.35. The smallest absolute Gasteiger partial charge is 0.320 e. The standard InChI is InChI=1S/C13H22N2O4/c16-9-6-10-2-1-7-14(10)13(19)15(11-3-4-11)8-5-12(17)18/h10-11,16H,1-9H2,(H,17,18). The zero-order valence-electron chi connectivity index (χ0n) is 11.1. The minimum atomic E-state index is -0.869. The fourth-order valence-electron chi connectivity index (χ4n) is 2.74. The van der Waals surface area contributed by atoms with Gasteiger partial charge in [-0.05, 0) is 32.1 Å². The van der Waals surface area contributed by atoms with Crippen LogP contribution in [0.4, 0.5) is 4.79 Å². The molecule has 19 heavy (non-hydrogen) atoms. The van der Waals surface area contributed by atoms with Gasteiger partial charge in [0.25, 0.3) is 0 Å². The lowest BCUT2D eigenvalue weighted by Gasteiger charge is -2.31. The average molecular weight is 270 g/mol. The molecule has 0 aromatic rings. The van der Waals surface area contributed by atoms with E-state index in [4.69, 9.17) is 10.2 Å². The Balaban J connectivity index is 1.95. The van der Waals surface area contributed by atoms with E-state index < -0.39 is 5.97 Å². The maximum Gasteiger partial charge on any atom is 0.320 e. The Kier molecular flexibility index (Phi) is 4.63. The fraction of sp³-hybridized carbons (Fsp3) is 0.846. The normalized spacial score (nSPS) is 22.6. The van der Waals surface area contributed by atoms with Crippen molar-refractivity contribution in [2.24, 2.45) is 0 Å². The van der Waals surface area contributed by atoms with Crippen molar-refractivity contribution in [2.75, 3.05) is 19.7 Å². The maximum atomic E-state index is 12.5. The van der Waals surface area contributed by atoms with Crippen molar-refractivity contribution in [3.8, 4) is 0 Å². The second-order valence-electron chi connectivity index (χ2n) is 5.35. The van der Waals surface area contributed by atoms with Gasteiger partial charge in [0.2, 0.25) is 0 Å². The van der Waals surface area contributed by atoms with Crippen molar-refractivity contribution in [3.63, 3.8) is 0 Å². The molecule has 0 aromatic carbocycles. The number of carboxylic acid groups (broad SMARTS) is 1. The van der Waals surface area contributed by atoms with E-state index in [0.717, 1.165) is 32.2 Å². The van der Waals surface area contributed by atoms with Crippen LogP contribution in [-0.2, 0) is 4.79 Å². The summed E-state index contributed by atoms with van der Waals surface area (Å²) in [5, 5.41) is 17.8. The number of rotatable bonds is 6. The van der Waals surface area contributed by atoms with Crippen LogP contribution in [0.15, 0.2) is 0 Å². The molecule has 2 amide bonds. The highest BCUT2D eigenvalue weighted by Gasteiger charge is 2.38. The van der Waals surface area contributed by atoms with Crippen LogP contribution >= 0.6 is 0 Å².